The molecule has 1 aliphatic carbocycles. The van der Waals surface area contributed by atoms with Crippen molar-refractivity contribution in [2.24, 2.45) is 5.92 Å². The number of benzene rings is 2. The summed E-state index contributed by atoms with van der Waals surface area (Å²) < 4.78 is 27.7. The summed E-state index contributed by atoms with van der Waals surface area (Å²) >= 11 is 0. The molecule has 2 aromatic rings. The van der Waals surface area contributed by atoms with Gasteiger partial charge in [0.15, 0.2) is 0 Å². The number of phenolic OH excluding ortho intramolecular Hbond substituents is 1. The molecule has 190 valence electrons. The Bertz CT molecular complexity index is 1160. The van der Waals surface area contributed by atoms with Crippen molar-refractivity contribution >= 4 is 10.0 Å². The molecule has 2 fully saturated rings. The van der Waals surface area contributed by atoms with Gasteiger partial charge in [-0.05, 0) is 79.9 Å². The van der Waals surface area contributed by atoms with E-state index in [1.54, 1.807) is 4.31 Å². The molecule has 35 heavy (non-hydrogen) atoms. The van der Waals surface area contributed by atoms with E-state index in [0.717, 1.165) is 50.8 Å². The van der Waals surface area contributed by atoms with Gasteiger partial charge < -0.3 is 5.11 Å². The number of hydrogen-bond donors (Lipinski definition) is 1. The number of rotatable bonds is 6. The maximum atomic E-state index is 13.0. The summed E-state index contributed by atoms with van der Waals surface area (Å²) in [6.07, 6.45) is 4.90. The van der Waals surface area contributed by atoms with Crippen LogP contribution in [0.2, 0.25) is 0 Å². The minimum Gasteiger partial charge on any atom is -0.508 e. The summed E-state index contributed by atoms with van der Waals surface area (Å²) in [6.45, 7) is 5.58. The van der Waals surface area contributed by atoms with E-state index >= 15 is 0 Å². The number of sulfonamides is 1. The number of hydrogen-bond acceptors (Lipinski definition) is 5. The molecule has 2 aromatic carbocycles. The summed E-state index contributed by atoms with van der Waals surface area (Å²) in [5, 5.41) is 10.1. The number of piperidine rings is 2. The van der Waals surface area contributed by atoms with Gasteiger partial charge in [-0.25, -0.2) is 12.7 Å². The second-order valence-corrected chi connectivity index (χ2v) is 13.3. The van der Waals surface area contributed by atoms with Gasteiger partial charge in [-0.1, -0.05) is 43.3 Å². The summed E-state index contributed by atoms with van der Waals surface area (Å²) in [5.74, 6) is 0.930. The van der Waals surface area contributed by atoms with Gasteiger partial charge >= 0.3 is 0 Å². The third-order valence-electron chi connectivity index (χ3n) is 9.00. The van der Waals surface area contributed by atoms with Crippen LogP contribution < -0.4 is 0 Å². The van der Waals surface area contributed by atoms with E-state index in [1.807, 2.05) is 42.5 Å². The van der Waals surface area contributed by atoms with Crippen LogP contribution in [0, 0.1) is 5.92 Å². The van der Waals surface area contributed by atoms with E-state index in [9.17, 15) is 13.5 Å². The fourth-order valence-electron chi connectivity index (χ4n) is 6.85. The zero-order chi connectivity index (χ0) is 24.8. The molecule has 2 atom stereocenters. The predicted molar refractivity (Wildman–Crippen MR) is 140 cm³/mol. The Hall–Kier alpha value is -1.93. The molecule has 0 spiro atoms. The maximum absolute atomic E-state index is 13.0. The number of fused-ring (bicyclic) bond motifs is 4. The molecule has 0 amide bonds. The first kappa shape index (κ1) is 24.8. The summed E-state index contributed by atoms with van der Waals surface area (Å²) in [5.41, 5.74) is 3.52. The van der Waals surface area contributed by atoms with Crippen LogP contribution in [-0.4, -0.2) is 73.6 Å². The first-order chi connectivity index (χ1) is 16.6. The van der Waals surface area contributed by atoms with Crippen LogP contribution in [0.3, 0.4) is 0 Å². The van der Waals surface area contributed by atoms with Crippen molar-refractivity contribution in [2.75, 3.05) is 40.3 Å². The SMILES string of the molecule is CN1CCC2(C)CC1(N(C)CC1CCN(S(=O)(=O)Cc3ccccc3)CC1)Cc1ccc(O)cc12. The fraction of sp³-hybridized carbons (Fsp3) is 0.571. The lowest BCUT2D eigenvalue weighted by Crippen LogP contribution is -2.68. The highest BCUT2D eigenvalue weighted by molar-refractivity contribution is 7.88. The second kappa shape index (κ2) is 9.18. The van der Waals surface area contributed by atoms with Crippen LogP contribution in [0.4, 0.5) is 0 Å². The van der Waals surface area contributed by atoms with Crippen molar-refractivity contribution in [1.82, 2.24) is 14.1 Å². The van der Waals surface area contributed by atoms with Gasteiger partial charge in [0.25, 0.3) is 0 Å². The van der Waals surface area contributed by atoms with E-state index in [1.165, 1.54) is 11.1 Å². The number of likely N-dealkylation sites (N-methyl/N-ethyl adjacent to an activating group) is 2. The monoisotopic (exact) mass is 497 g/mol. The molecule has 1 N–H and O–H groups in total. The molecule has 2 bridgehead atoms. The highest BCUT2D eigenvalue weighted by Crippen LogP contribution is 2.51. The summed E-state index contributed by atoms with van der Waals surface area (Å²) in [6, 6.07) is 15.4. The molecule has 6 nitrogen and oxygen atoms in total. The van der Waals surface area contributed by atoms with Gasteiger partial charge in [0, 0.05) is 32.6 Å². The van der Waals surface area contributed by atoms with Crippen molar-refractivity contribution in [1.29, 1.82) is 0 Å². The first-order valence-corrected chi connectivity index (χ1v) is 14.5. The summed E-state index contributed by atoms with van der Waals surface area (Å²) in [7, 11) is 1.22. The minimum absolute atomic E-state index is 0.0481. The smallest absolute Gasteiger partial charge is 0.218 e. The topological polar surface area (TPSA) is 64.1 Å². The Balaban J connectivity index is 1.26. The van der Waals surface area contributed by atoms with Crippen molar-refractivity contribution in [3.8, 4) is 5.75 Å². The molecule has 2 saturated heterocycles. The average Bonchev–Trinajstić information content (AvgIpc) is 2.83. The quantitative estimate of drug-likeness (QED) is 0.658. The number of aromatic hydroxyl groups is 1. The van der Waals surface area contributed by atoms with Gasteiger partial charge in [-0.2, -0.15) is 0 Å². The number of phenols is 1. The zero-order valence-corrected chi connectivity index (χ0v) is 22.1. The molecule has 5 rings (SSSR count). The van der Waals surface area contributed by atoms with Crippen LogP contribution in [-0.2, 0) is 27.6 Å². The normalized spacial score (nSPS) is 28.2. The van der Waals surface area contributed by atoms with Crippen LogP contribution in [0.1, 0.15) is 49.3 Å². The van der Waals surface area contributed by atoms with Crippen LogP contribution in [0.5, 0.6) is 5.75 Å². The molecular formula is C28H39N3O3S. The van der Waals surface area contributed by atoms with Crippen LogP contribution >= 0.6 is 0 Å². The molecule has 2 aliphatic heterocycles. The van der Waals surface area contributed by atoms with Crippen molar-refractivity contribution in [3.63, 3.8) is 0 Å². The fourth-order valence-corrected chi connectivity index (χ4v) is 8.41. The van der Waals surface area contributed by atoms with Gasteiger partial charge in [-0.3, -0.25) is 9.80 Å². The van der Waals surface area contributed by atoms with E-state index in [4.69, 9.17) is 0 Å². The van der Waals surface area contributed by atoms with Crippen molar-refractivity contribution in [2.45, 2.75) is 55.9 Å². The Labute approximate surface area is 210 Å². The van der Waals surface area contributed by atoms with Gasteiger partial charge in [0.05, 0.1) is 11.4 Å². The lowest BCUT2D eigenvalue weighted by atomic mass is 9.62. The molecule has 0 aromatic heterocycles. The van der Waals surface area contributed by atoms with Crippen molar-refractivity contribution in [3.05, 3.63) is 65.2 Å². The molecule has 3 aliphatic rings. The first-order valence-electron chi connectivity index (χ1n) is 12.9. The van der Waals surface area contributed by atoms with E-state index in [2.05, 4.69) is 36.9 Å². The molecule has 2 unspecified atom stereocenters. The molecule has 0 saturated carbocycles. The standard InChI is InChI=1S/C28H39N3O3S/c1-27-13-16-29(2)28(21-27,18-24-9-10-25(32)17-26(24)27)30(3)19-22-11-14-31(15-12-22)35(33,34)20-23-7-5-4-6-8-23/h4-10,17,22,32H,11-16,18-21H2,1-3H3. The third kappa shape index (κ3) is 4.64. The second-order valence-electron chi connectivity index (χ2n) is 11.4. The molecule has 7 heteroatoms. The molecule has 0 radical (unpaired) electrons. The highest BCUT2D eigenvalue weighted by atomic mass is 32.2. The van der Waals surface area contributed by atoms with Crippen LogP contribution in [0.15, 0.2) is 48.5 Å². The Morgan fingerprint density at radius 1 is 1.09 bits per heavy atom. The molecular weight excluding hydrogens is 458 g/mol. The van der Waals surface area contributed by atoms with Gasteiger partial charge in [0.2, 0.25) is 10.0 Å². The lowest BCUT2D eigenvalue weighted by Gasteiger charge is -2.60. The Kier molecular flexibility index (Phi) is 6.49. The Morgan fingerprint density at radius 3 is 2.51 bits per heavy atom. The lowest BCUT2D eigenvalue weighted by molar-refractivity contribution is -0.0951. The maximum Gasteiger partial charge on any atom is 0.218 e. The highest BCUT2D eigenvalue weighted by Gasteiger charge is 2.53. The zero-order valence-electron chi connectivity index (χ0n) is 21.3. The van der Waals surface area contributed by atoms with Crippen LogP contribution in [0.25, 0.3) is 0 Å². The van der Waals surface area contributed by atoms with Crippen molar-refractivity contribution < 1.29 is 13.5 Å². The molecule has 2 heterocycles. The summed E-state index contributed by atoms with van der Waals surface area (Å²) in [4.78, 5) is 5.09. The van der Waals surface area contributed by atoms with E-state index < -0.39 is 10.0 Å². The number of nitrogens with zero attached hydrogens (tertiary/aromatic N) is 3. The van der Waals surface area contributed by atoms with E-state index in [-0.39, 0.29) is 16.8 Å². The predicted octanol–water partition coefficient (Wildman–Crippen LogP) is 3.80. The average molecular weight is 498 g/mol. The number of likely N-dealkylation sites (tertiary alicyclic amines) is 1. The van der Waals surface area contributed by atoms with Gasteiger partial charge in [0.1, 0.15) is 5.75 Å². The largest absolute Gasteiger partial charge is 0.508 e. The minimum atomic E-state index is -3.29. The van der Waals surface area contributed by atoms with E-state index in [0.29, 0.717) is 24.8 Å². The van der Waals surface area contributed by atoms with Gasteiger partial charge in [-0.15, -0.1) is 0 Å². The third-order valence-corrected chi connectivity index (χ3v) is 10.9. The Morgan fingerprint density at radius 2 is 1.80 bits per heavy atom.